The van der Waals surface area contributed by atoms with Gasteiger partial charge < -0.3 is 0 Å². The fraction of sp³-hybridized carbons (Fsp3) is 0.900. The standard InChI is InChI=1S/C10H22NO4P/c1-6-14-16(13,15-7-2)11(10(5)12)8-9(3)4/h9H,6-8H2,1-5H3. The molecule has 96 valence electrons. The summed E-state index contributed by atoms with van der Waals surface area (Å²) in [6, 6.07) is 0. The van der Waals surface area contributed by atoms with Gasteiger partial charge in [0.15, 0.2) is 0 Å². The van der Waals surface area contributed by atoms with E-state index in [1.54, 1.807) is 13.8 Å². The van der Waals surface area contributed by atoms with Gasteiger partial charge in [-0.25, -0.2) is 9.24 Å². The van der Waals surface area contributed by atoms with E-state index in [0.29, 0.717) is 6.54 Å². The molecule has 0 aliphatic rings. The van der Waals surface area contributed by atoms with Crippen molar-refractivity contribution in [2.45, 2.75) is 34.6 Å². The van der Waals surface area contributed by atoms with E-state index in [9.17, 15) is 9.36 Å². The van der Waals surface area contributed by atoms with Crippen molar-refractivity contribution in [3.05, 3.63) is 0 Å². The van der Waals surface area contributed by atoms with Crippen LogP contribution in [0.15, 0.2) is 0 Å². The zero-order chi connectivity index (χ0) is 12.8. The summed E-state index contributed by atoms with van der Waals surface area (Å²) in [5, 5.41) is 0. The highest BCUT2D eigenvalue weighted by Gasteiger charge is 2.35. The fourth-order valence-electron chi connectivity index (χ4n) is 1.25. The third-order valence-electron chi connectivity index (χ3n) is 1.78. The Hall–Kier alpha value is -0.380. The molecule has 16 heavy (non-hydrogen) atoms. The van der Waals surface area contributed by atoms with Gasteiger partial charge in [-0.15, -0.1) is 0 Å². The van der Waals surface area contributed by atoms with E-state index in [2.05, 4.69) is 0 Å². The third kappa shape index (κ3) is 4.64. The van der Waals surface area contributed by atoms with Gasteiger partial charge in [0.2, 0.25) is 5.91 Å². The summed E-state index contributed by atoms with van der Waals surface area (Å²) in [4.78, 5) is 11.5. The van der Waals surface area contributed by atoms with Crippen LogP contribution in [0.4, 0.5) is 0 Å². The molecule has 0 radical (unpaired) electrons. The molecular formula is C10H22NO4P. The van der Waals surface area contributed by atoms with Gasteiger partial charge in [-0.1, -0.05) is 13.8 Å². The number of carbonyl (C=O) groups is 1. The monoisotopic (exact) mass is 251 g/mol. The quantitative estimate of drug-likeness (QED) is 0.653. The first-order valence-electron chi connectivity index (χ1n) is 5.55. The lowest BCUT2D eigenvalue weighted by Crippen LogP contribution is -2.31. The Morgan fingerprint density at radius 3 is 1.94 bits per heavy atom. The van der Waals surface area contributed by atoms with Crippen molar-refractivity contribution >= 4 is 13.7 Å². The van der Waals surface area contributed by atoms with E-state index < -0.39 is 7.75 Å². The maximum atomic E-state index is 12.4. The van der Waals surface area contributed by atoms with Gasteiger partial charge in [0.25, 0.3) is 0 Å². The molecule has 5 nitrogen and oxygen atoms in total. The average Bonchev–Trinajstić information content (AvgIpc) is 2.14. The first-order valence-corrected chi connectivity index (χ1v) is 7.04. The maximum Gasteiger partial charge on any atom is 0.437 e. The van der Waals surface area contributed by atoms with E-state index in [-0.39, 0.29) is 25.0 Å². The molecule has 0 saturated carbocycles. The number of carbonyl (C=O) groups excluding carboxylic acids is 1. The Bertz CT molecular complexity index is 258. The van der Waals surface area contributed by atoms with Crippen LogP contribution in [0.3, 0.4) is 0 Å². The smallest absolute Gasteiger partial charge is 0.292 e. The average molecular weight is 251 g/mol. The zero-order valence-electron chi connectivity index (χ0n) is 10.7. The summed E-state index contributed by atoms with van der Waals surface area (Å²) in [6.45, 7) is 9.56. The molecule has 6 heteroatoms. The second-order valence-corrected chi connectivity index (χ2v) is 5.74. The SMILES string of the molecule is CCOP(=O)(OCC)N(CC(C)C)C(C)=O. The Kier molecular flexibility index (Phi) is 6.88. The molecule has 0 atom stereocenters. The lowest BCUT2D eigenvalue weighted by atomic mass is 10.2. The van der Waals surface area contributed by atoms with Crippen LogP contribution in [0.1, 0.15) is 34.6 Å². The zero-order valence-corrected chi connectivity index (χ0v) is 11.6. The predicted octanol–water partition coefficient (Wildman–Crippen LogP) is 2.67. The van der Waals surface area contributed by atoms with Crippen LogP contribution in [0.5, 0.6) is 0 Å². The minimum absolute atomic E-state index is 0.207. The highest BCUT2D eigenvalue weighted by atomic mass is 31.2. The lowest BCUT2D eigenvalue weighted by Gasteiger charge is -2.29. The number of nitrogens with zero attached hydrogens (tertiary/aromatic N) is 1. The van der Waals surface area contributed by atoms with Crippen molar-refractivity contribution in [2.24, 2.45) is 5.92 Å². The van der Waals surface area contributed by atoms with Gasteiger partial charge in [0.05, 0.1) is 13.2 Å². The topological polar surface area (TPSA) is 55.8 Å². The molecule has 0 aliphatic carbocycles. The Morgan fingerprint density at radius 2 is 1.69 bits per heavy atom. The molecule has 0 bridgehead atoms. The second-order valence-electron chi connectivity index (χ2n) is 3.80. The number of hydrogen-bond acceptors (Lipinski definition) is 4. The summed E-state index contributed by atoms with van der Waals surface area (Å²) in [7, 11) is -3.46. The normalized spacial score (nSPS) is 11.9. The number of hydrogen-bond donors (Lipinski definition) is 0. The molecular weight excluding hydrogens is 229 g/mol. The molecule has 0 unspecified atom stereocenters. The molecule has 0 N–H and O–H groups in total. The molecule has 0 aromatic rings. The van der Waals surface area contributed by atoms with Crippen LogP contribution in [-0.2, 0) is 18.4 Å². The third-order valence-corrected chi connectivity index (χ3v) is 3.99. The van der Waals surface area contributed by atoms with Crippen LogP contribution < -0.4 is 0 Å². The summed E-state index contributed by atoms with van der Waals surface area (Å²) in [5.41, 5.74) is 0. The van der Waals surface area contributed by atoms with Crippen LogP contribution in [-0.4, -0.2) is 30.3 Å². The van der Waals surface area contributed by atoms with Crippen LogP contribution in [0, 0.1) is 5.92 Å². The van der Waals surface area contributed by atoms with Gasteiger partial charge in [0.1, 0.15) is 0 Å². The van der Waals surface area contributed by atoms with Crippen molar-refractivity contribution in [1.29, 1.82) is 0 Å². The number of amides is 1. The van der Waals surface area contributed by atoms with Gasteiger partial charge >= 0.3 is 7.75 Å². The largest absolute Gasteiger partial charge is 0.437 e. The lowest BCUT2D eigenvalue weighted by molar-refractivity contribution is -0.125. The molecule has 0 aliphatic heterocycles. The van der Waals surface area contributed by atoms with Gasteiger partial charge in [-0.2, -0.15) is 0 Å². The van der Waals surface area contributed by atoms with E-state index >= 15 is 0 Å². The summed E-state index contributed by atoms with van der Waals surface area (Å²) < 4.78 is 23.8. The molecule has 0 aromatic carbocycles. The highest BCUT2D eigenvalue weighted by molar-refractivity contribution is 7.52. The molecule has 0 heterocycles. The first-order chi connectivity index (χ1) is 7.37. The summed E-state index contributed by atoms with van der Waals surface area (Å²) >= 11 is 0. The van der Waals surface area contributed by atoms with Crippen LogP contribution in [0.2, 0.25) is 0 Å². The maximum absolute atomic E-state index is 12.4. The molecule has 0 spiro atoms. The van der Waals surface area contributed by atoms with Crippen LogP contribution >= 0.6 is 7.75 Å². The highest BCUT2D eigenvalue weighted by Crippen LogP contribution is 2.52. The van der Waals surface area contributed by atoms with Crippen molar-refractivity contribution in [1.82, 2.24) is 4.67 Å². The van der Waals surface area contributed by atoms with Gasteiger partial charge in [0, 0.05) is 13.5 Å². The second kappa shape index (κ2) is 7.05. The van der Waals surface area contributed by atoms with Crippen molar-refractivity contribution in [3.8, 4) is 0 Å². The van der Waals surface area contributed by atoms with Crippen molar-refractivity contribution in [2.75, 3.05) is 19.8 Å². The fourth-order valence-corrected chi connectivity index (χ4v) is 3.13. The Morgan fingerprint density at radius 1 is 1.25 bits per heavy atom. The summed E-state index contributed by atoms with van der Waals surface area (Å²) in [5.74, 6) is -0.0860. The molecule has 0 rings (SSSR count). The van der Waals surface area contributed by atoms with Gasteiger partial charge in [-0.3, -0.25) is 13.8 Å². The number of rotatable bonds is 7. The molecule has 1 amide bonds. The minimum atomic E-state index is -3.46. The van der Waals surface area contributed by atoms with E-state index in [1.807, 2.05) is 13.8 Å². The summed E-state index contributed by atoms with van der Waals surface area (Å²) in [6.07, 6.45) is 0. The van der Waals surface area contributed by atoms with Crippen molar-refractivity contribution < 1.29 is 18.4 Å². The Balaban J connectivity index is 4.93. The molecule has 0 fully saturated rings. The Labute approximate surface area is 97.7 Å². The van der Waals surface area contributed by atoms with Gasteiger partial charge in [-0.05, 0) is 19.8 Å². The van der Waals surface area contributed by atoms with E-state index in [1.165, 1.54) is 11.6 Å². The van der Waals surface area contributed by atoms with Crippen LogP contribution in [0.25, 0.3) is 0 Å². The molecule has 0 saturated heterocycles. The predicted molar refractivity (Wildman–Crippen MR) is 63.1 cm³/mol. The van der Waals surface area contributed by atoms with E-state index in [0.717, 1.165) is 0 Å². The molecule has 0 aromatic heterocycles. The minimum Gasteiger partial charge on any atom is -0.292 e. The first kappa shape index (κ1) is 15.6. The van der Waals surface area contributed by atoms with Crippen molar-refractivity contribution in [3.63, 3.8) is 0 Å². The van der Waals surface area contributed by atoms with E-state index in [4.69, 9.17) is 9.05 Å².